The van der Waals surface area contributed by atoms with E-state index in [1.807, 2.05) is 6.07 Å². The van der Waals surface area contributed by atoms with Gasteiger partial charge in [0.1, 0.15) is 12.1 Å². The molecule has 188 valence electrons. The second-order valence-corrected chi connectivity index (χ2v) is 7.65. The van der Waals surface area contributed by atoms with Crippen LogP contribution in [0.25, 0.3) is 0 Å². The molecular weight excluding hydrogens is 442 g/mol. The van der Waals surface area contributed by atoms with Crippen LogP contribution in [0.1, 0.15) is 31.2 Å². The summed E-state index contributed by atoms with van der Waals surface area (Å²) in [7, 11) is 0. The summed E-state index contributed by atoms with van der Waals surface area (Å²) < 4.78 is 0. The van der Waals surface area contributed by atoms with Gasteiger partial charge in [0, 0.05) is 19.5 Å². The molecule has 0 radical (unpaired) electrons. The summed E-state index contributed by atoms with van der Waals surface area (Å²) in [6, 6.07) is 5.91. The number of carboxylic acids is 1. The number of carbonyl (C=O) groups is 3. The molecule has 0 heterocycles. The molecule has 0 saturated carbocycles. The van der Waals surface area contributed by atoms with Gasteiger partial charge in [0.05, 0.1) is 6.04 Å². The molecule has 0 aliphatic carbocycles. The normalized spacial score (nSPS) is 13.1. The van der Waals surface area contributed by atoms with Gasteiger partial charge in [0.25, 0.3) is 0 Å². The molecule has 0 bridgehead atoms. The lowest BCUT2D eigenvalue weighted by Crippen LogP contribution is -2.55. The van der Waals surface area contributed by atoms with Crippen LogP contribution in [0.15, 0.2) is 40.3 Å². The van der Waals surface area contributed by atoms with Crippen molar-refractivity contribution in [1.29, 1.82) is 0 Å². The molecule has 1 aromatic carbocycles. The van der Waals surface area contributed by atoms with Gasteiger partial charge < -0.3 is 44.4 Å². The molecule has 0 saturated heterocycles. The Kier molecular flexibility index (Phi) is 12.5. The number of aliphatic imine (C=N–C) groups is 2. The Labute approximate surface area is 198 Å². The summed E-state index contributed by atoms with van der Waals surface area (Å²) in [5.74, 6) is -2.54. The maximum atomic E-state index is 13.0. The Hall–Kier alpha value is -3.87. The minimum Gasteiger partial charge on any atom is -0.480 e. The van der Waals surface area contributed by atoms with Gasteiger partial charge in [-0.15, -0.1) is 0 Å². The maximum absolute atomic E-state index is 13.0. The van der Waals surface area contributed by atoms with Crippen LogP contribution in [0.3, 0.4) is 0 Å². The van der Waals surface area contributed by atoms with Crippen molar-refractivity contribution in [3.8, 4) is 0 Å². The number of nitrogens with one attached hydrogen (secondary N) is 2. The molecule has 0 aliphatic heterocycles. The highest BCUT2D eigenvalue weighted by molar-refractivity contribution is 5.92. The van der Waals surface area contributed by atoms with Crippen LogP contribution in [-0.4, -0.2) is 66.0 Å². The first-order valence-electron chi connectivity index (χ1n) is 10.8. The molecular formula is C21H35N9O4. The second-order valence-electron chi connectivity index (χ2n) is 7.65. The fourth-order valence-electron chi connectivity index (χ4n) is 3.02. The van der Waals surface area contributed by atoms with E-state index >= 15 is 0 Å². The van der Waals surface area contributed by atoms with E-state index in [2.05, 4.69) is 20.6 Å². The summed E-state index contributed by atoms with van der Waals surface area (Å²) >= 11 is 0. The predicted molar refractivity (Wildman–Crippen MR) is 129 cm³/mol. The summed E-state index contributed by atoms with van der Waals surface area (Å²) in [6.07, 6.45) is 1.36. The smallest absolute Gasteiger partial charge is 0.326 e. The third kappa shape index (κ3) is 11.7. The first-order chi connectivity index (χ1) is 16.1. The fraction of sp³-hybridized carbons (Fsp3) is 0.476. The van der Waals surface area contributed by atoms with E-state index in [1.165, 1.54) is 0 Å². The predicted octanol–water partition coefficient (Wildman–Crippen LogP) is -2.28. The number of hydrogen-bond acceptors (Lipinski definition) is 6. The lowest BCUT2D eigenvalue weighted by atomic mass is 10.0. The van der Waals surface area contributed by atoms with E-state index in [-0.39, 0.29) is 31.3 Å². The van der Waals surface area contributed by atoms with Gasteiger partial charge in [-0.2, -0.15) is 0 Å². The number of aliphatic carboxylic acids is 1. The van der Waals surface area contributed by atoms with Crippen LogP contribution in [0.4, 0.5) is 0 Å². The molecule has 3 atom stereocenters. The van der Waals surface area contributed by atoms with E-state index in [1.54, 1.807) is 24.3 Å². The Morgan fingerprint density at radius 2 is 1.35 bits per heavy atom. The highest BCUT2D eigenvalue weighted by atomic mass is 16.4. The summed E-state index contributed by atoms with van der Waals surface area (Å²) in [5.41, 5.74) is 27.8. The lowest BCUT2D eigenvalue weighted by Gasteiger charge is -2.23. The van der Waals surface area contributed by atoms with Gasteiger partial charge in [-0.1, -0.05) is 30.3 Å². The van der Waals surface area contributed by atoms with E-state index in [9.17, 15) is 19.5 Å². The molecule has 0 unspecified atom stereocenters. The Balaban J connectivity index is 2.83. The van der Waals surface area contributed by atoms with Crippen molar-refractivity contribution >= 4 is 29.7 Å². The van der Waals surface area contributed by atoms with E-state index in [4.69, 9.17) is 28.7 Å². The summed E-state index contributed by atoms with van der Waals surface area (Å²) in [5, 5.41) is 14.6. The first kappa shape index (κ1) is 28.2. The Morgan fingerprint density at radius 3 is 1.88 bits per heavy atom. The standard InChI is InChI=1S/C21H35N9O4/c22-14(8-4-10-27-20(23)24)17(31)30-16(12-13-6-2-1-3-7-13)18(32)29-15(19(33)34)9-5-11-28-21(25)26/h1-3,6-7,14-16H,4-5,8-12,22H2,(H,29,32)(H,30,31)(H,33,34)(H4,23,24,27)(H4,25,26,28)/t14-,15-,16+/m0/s1. The van der Waals surface area contributed by atoms with Crippen molar-refractivity contribution in [3.05, 3.63) is 35.9 Å². The number of nitrogens with zero attached hydrogens (tertiary/aromatic N) is 2. The average Bonchev–Trinajstić information content (AvgIpc) is 2.78. The molecule has 1 rings (SSSR count). The third-order valence-corrected chi connectivity index (χ3v) is 4.78. The number of nitrogens with two attached hydrogens (primary N) is 5. The molecule has 13 N–H and O–H groups in total. The van der Waals surface area contributed by atoms with Crippen LogP contribution in [-0.2, 0) is 20.8 Å². The van der Waals surface area contributed by atoms with Gasteiger partial charge >= 0.3 is 5.97 Å². The monoisotopic (exact) mass is 477 g/mol. The fourth-order valence-corrected chi connectivity index (χ4v) is 3.02. The van der Waals surface area contributed by atoms with Gasteiger partial charge in [-0.3, -0.25) is 19.6 Å². The highest BCUT2D eigenvalue weighted by Crippen LogP contribution is 2.07. The average molecular weight is 478 g/mol. The van der Waals surface area contributed by atoms with E-state index in [0.29, 0.717) is 25.8 Å². The lowest BCUT2D eigenvalue weighted by molar-refractivity contribution is -0.142. The van der Waals surface area contributed by atoms with E-state index < -0.39 is 35.9 Å². The minimum atomic E-state index is -1.21. The molecule has 2 amide bonds. The zero-order valence-corrected chi connectivity index (χ0v) is 19.0. The van der Waals surface area contributed by atoms with Crippen molar-refractivity contribution in [1.82, 2.24) is 10.6 Å². The van der Waals surface area contributed by atoms with Crippen LogP contribution < -0.4 is 39.3 Å². The number of benzene rings is 1. The molecule has 13 nitrogen and oxygen atoms in total. The number of rotatable bonds is 15. The number of guanidine groups is 2. The van der Waals surface area contributed by atoms with Crippen molar-refractivity contribution in [2.24, 2.45) is 38.7 Å². The number of carbonyl (C=O) groups excluding carboxylic acids is 2. The summed E-state index contributed by atoms with van der Waals surface area (Å²) in [4.78, 5) is 44.8. The van der Waals surface area contributed by atoms with Gasteiger partial charge in [0.2, 0.25) is 11.8 Å². The van der Waals surface area contributed by atoms with Crippen LogP contribution in [0.2, 0.25) is 0 Å². The largest absolute Gasteiger partial charge is 0.480 e. The zero-order chi connectivity index (χ0) is 25.5. The number of amides is 2. The highest BCUT2D eigenvalue weighted by Gasteiger charge is 2.28. The maximum Gasteiger partial charge on any atom is 0.326 e. The quantitative estimate of drug-likeness (QED) is 0.0768. The van der Waals surface area contributed by atoms with Crippen molar-refractivity contribution < 1.29 is 19.5 Å². The molecule has 1 aromatic rings. The molecule has 0 aromatic heterocycles. The van der Waals surface area contributed by atoms with Crippen molar-refractivity contribution in [2.75, 3.05) is 13.1 Å². The first-order valence-corrected chi connectivity index (χ1v) is 10.8. The Bertz CT molecular complexity index is 853. The number of carboxylic acid groups (broad SMARTS) is 1. The van der Waals surface area contributed by atoms with Crippen LogP contribution in [0, 0.1) is 0 Å². The van der Waals surface area contributed by atoms with Gasteiger partial charge in [0.15, 0.2) is 11.9 Å². The molecule has 0 aliphatic rings. The van der Waals surface area contributed by atoms with E-state index in [0.717, 1.165) is 5.56 Å². The topological polar surface area (TPSA) is 250 Å². The Morgan fingerprint density at radius 1 is 0.824 bits per heavy atom. The van der Waals surface area contributed by atoms with Gasteiger partial charge in [-0.25, -0.2) is 4.79 Å². The zero-order valence-electron chi connectivity index (χ0n) is 19.0. The third-order valence-electron chi connectivity index (χ3n) is 4.78. The molecule has 34 heavy (non-hydrogen) atoms. The second kappa shape index (κ2) is 15.1. The molecule has 0 spiro atoms. The number of hydrogen-bond donors (Lipinski definition) is 8. The minimum absolute atomic E-state index is 0.0519. The molecule has 0 fully saturated rings. The van der Waals surface area contributed by atoms with Gasteiger partial charge in [-0.05, 0) is 31.2 Å². The summed E-state index contributed by atoms with van der Waals surface area (Å²) in [6.45, 7) is 0.540. The SMILES string of the molecule is NC(N)=NCCC[C@H](NC(=O)[C@@H](Cc1ccccc1)NC(=O)[C@@H](N)CCCN=C(N)N)C(=O)O. The van der Waals surface area contributed by atoms with Crippen molar-refractivity contribution in [2.45, 2.75) is 50.2 Å². The van der Waals surface area contributed by atoms with Crippen molar-refractivity contribution in [3.63, 3.8) is 0 Å². The molecule has 13 heteroatoms. The van der Waals surface area contributed by atoms with Crippen LogP contribution in [0.5, 0.6) is 0 Å². The van der Waals surface area contributed by atoms with Crippen LogP contribution >= 0.6 is 0 Å².